The molecule has 1 aromatic rings. The Labute approximate surface area is 161 Å². The Morgan fingerprint density at radius 3 is 2.46 bits per heavy atom. The molecule has 0 aliphatic heterocycles. The summed E-state index contributed by atoms with van der Waals surface area (Å²) >= 11 is 0. The molecule has 1 aliphatic rings. The monoisotopic (exact) mass is 419 g/mol. The second-order valence-corrected chi connectivity index (χ2v) is 8.32. The lowest BCUT2D eigenvalue weighted by Crippen LogP contribution is -2.42. The molecule has 9 nitrogen and oxygen atoms in total. The van der Waals surface area contributed by atoms with Crippen molar-refractivity contribution >= 4 is 27.7 Å². The number of nitrogens with zero attached hydrogens (tertiary/aromatic N) is 1. The zero-order valence-electron chi connectivity index (χ0n) is 15.0. The van der Waals surface area contributed by atoms with Gasteiger partial charge in [-0.3, -0.25) is 9.59 Å². The minimum absolute atomic E-state index is 0.0301. The fraction of sp³-hybridized carbons (Fsp3) is 0.562. The van der Waals surface area contributed by atoms with Gasteiger partial charge in [0.1, 0.15) is 10.7 Å². The van der Waals surface area contributed by atoms with E-state index < -0.39 is 51.3 Å². The summed E-state index contributed by atoms with van der Waals surface area (Å²) in [6.07, 6.45) is 2.62. The normalized spacial score (nSPS) is 16.7. The molecule has 0 radical (unpaired) electrons. The quantitative estimate of drug-likeness (QED) is 0.482. The fourth-order valence-electron chi connectivity index (χ4n) is 3.09. The number of hydrogen-bond acceptors (Lipinski definition) is 6. The van der Waals surface area contributed by atoms with E-state index in [1.807, 2.05) is 0 Å². The molecule has 0 unspecified atom stereocenters. The molecule has 0 bridgehead atoms. The molecule has 1 aliphatic carbocycles. The standard InChI is InChI=1S/C16H23F2N5O4S/c17-12(18)8-22-28(26,27)11-7-21-13(6-10(11)15(20)24)23-16(25)14(19)9-4-2-1-3-5-9/h6-7,9,12,14,22H,1-5,8,19H2,(H2,20,24)(H,21,23,25)/t14-/m0/s1. The van der Waals surface area contributed by atoms with E-state index in [1.54, 1.807) is 4.72 Å². The number of amides is 2. The summed E-state index contributed by atoms with van der Waals surface area (Å²) in [7, 11) is -4.44. The summed E-state index contributed by atoms with van der Waals surface area (Å²) in [5, 5.41) is 2.45. The van der Waals surface area contributed by atoms with Crippen molar-refractivity contribution in [3.05, 3.63) is 17.8 Å². The first-order chi connectivity index (χ1) is 13.1. The molecule has 1 atom stereocenters. The van der Waals surface area contributed by atoms with Crippen LogP contribution in [-0.2, 0) is 14.8 Å². The number of carbonyl (C=O) groups is 2. The third-order valence-electron chi connectivity index (χ3n) is 4.56. The topological polar surface area (TPSA) is 157 Å². The van der Waals surface area contributed by atoms with Crippen LogP contribution in [0.3, 0.4) is 0 Å². The van der Waals surface area contributed by atoms with Crippen molar-refractivity contribution in [1.29, 1.82) is 0 Å². The van der Waals surface area contributed by atoms with Crippen LogP contribution in [0.2, 0.25) is 0 Å². The van der Waals surface area contributed by atoms with Gasteiger partial charge >= 0.3 is 0 Å². The number of carbonyl (C=O) groups excluding carboxylic acids is 2. The first-order valence-corrected chi connectivity index (χ1v) is 10.2. The van der Waals surface area contributed by atoms with E-state index in [9.17, 15) is 26.8 Å². The van der Waals surface area contributed by atoms with E-state index in [0.29, 0.717) is 0 Å². The molecule has 156 valence electrons. The smallest absolute Gasteiger partial charge is 0.251 e. The predicted molar refractivity (Wildman–Crippen MR) is 97.1 cm³/mol. The average molecular weight is 419 g/mol. The van der Waals surface area contributed by atoms with Crippen LogP contribution in [0.15, 0.2) is 17.2 Å². The molecule has 0 spiro atoms. The highest BCUT2D eigenvalue weighted by molar-refractivity contribution is 7.89. The van der Waals surface area contributed by atoms with Gasteiger partial charge in [-0.2, -0.15) is 0 Å². The second-order valence-electron chi connectivity index (χ2n) is 6.59. The van der Waals surface area contributed by atoms with E-state index in [2.05, 4.69) is 10.3 Å². The molecule has 12 heteroatoms. The maximum atomic E-state index is 12.3. The van der Waals surface area contributed by atoms with Crippen LogP contribution in [0.25, 0.3) is 0 Å². The van der Waals surface area contributed by atoms with Gasteiger partial charge < -0.3 is 16.8 Å². The minimum Gasteiger partial charge on any atom is -0.366 e. The molecule has 2 amide bonds. The van der Waals surface area contributed by atoms with Crippen LogP contribution in [0.4, 0.5) is 14.6 Å². The van der Waals surface area contributed by atoms with E-state index in [0.717, 1.165) is 44.4 Å². The van der Waals surface area contributed by atoms with E-state index in [-0.39, 0.29) is 11.7 Å². The van der Waals surface area contributed by atoms with Crippen molar-refractivity contribution in [3.63, 3.8) is 0 Å². The Morgan fingerprint density at radius 1 is 1.25 bits per heavy atom. The van der Waals surface area contributed by atoms with Crippen molar-refractivity contribution in [2.75, 3.05) is 11.9 Å². The van der Waals surface area contributed by atoms with Gasteiger partial charge in [0.25, 0.3) is 6.43 Å². The Bertz CT molecular complexity index is 828. The summed E-state index contributed by atoms with van der Waals surface area (Å²) in [4.78, 5) is 27.1. The molecule has 1 fully saturated rings. The number of primary amides is 1. The molecular weight excluding hydrogens is 396 g/mol. The summed E-state index contributed by atoms with van der Waals surface area (Å²) in [6.45, 7) is -1.13. The molecule has 1 heterocycles. The van der Waals surface area contributed by atoms with Crippen LogP contribution < -0.4 is 21.5 Å². The lowest BCUT2D eigenvalue weighted by Gasteiger charge is -2.26. The number of hydrogen-bond donors (Lipinski definition) is 4. The second kappa shape index (κ2) is 9.34. The van der Waals surface area contributed by atoms with Crippen LogP contribution in [0.1, 0.15) is 42.5 Å². The van der Waals surface area contributed by atoms with Crippen LogP contribution in [-0.4, -0.2) is 44.2 Å². The maximum absolute atomic E-state index is 12.3. The molecule has 6 N–H and O–H groups in total. The Hall–Kier alpha value is -2.18. The van der Waals surface area contributed by atoms with Crippen molar-refractivity contribution < 1.29 is 26.8 Å². The van der Waals surface area contributed by atoms with Crippen molar-refractivity contribution in [2.45, 2.75) is 49.5 Å². The average Bonchev–Trinajstić information content (AvgIpc) is 2.66. The van der Waals surface area contributed by atoms with Gasteiger partial charge in [-0.25, -0.2) is 26.9 Å². The van der Waals surface area contributed by atoms with E-state index in [4.69, 9.17) is 11.5 Å². The number of alkyl halides is 2. The van der Waals surface area contributed by atoms with Gasteiger partial charge in [0.15, 0.2) is 0 Å². The van der Waals surface area contributed by atoms with Gasteiger partial charge in [0, 0.05) is 0 Å². The number of rotatable bonds is 8. The lowest BCUT2D eigenvalue weighted by atomic mass is 9.84. The fourth-order valence-corrected chi connectivity index (χ4v) is 4.23. The Kier molecular flexibility index (Phi) is 7.38. The summed E-state index contributed by atoms with van der Waals surface area (Å²) in [6, 6.07) is 0.209. The van der Waals surface area contributed by atoms with Crippen LogP contribution >= 0.6 is 0 Å². The first-order valence-electron chi connectivity index (χ1n) is 8.76. The molecule has 1 aromatic heterocycles. The third-order valence-corrected chi connectivity index (χ3v) is 6.01. The van der Waals surface area contributed by atoms with Crippen LogP contribution in [0, 0.1) is 5.92 Å². The van der Waals surface area contributed by atoms with Gasteiger partial charge in [-0.1, -0.05) is 19.3 Å². The number of nitrogens with two attached hydrogens (primary N) is 2. The van der Waals surface area contributed by atoms with Crippen molar-refractivity contribution in [3.8, 4) is 0 Å². The van der Waals surface area contributed by atoms with Gasteiger partial charge in [0.05, 0.1) is 24.3 Å². The molecule has 0 aromatic carbocycles. The number of anilines is 1. The highest BCUT2D eigenvalue weighted by Crippen LogP contribution is 2.26. The minimum atomic E-state index is -4.44. The molecule has 28 heavy (non-hydrogen) atoms. The van der Waals surface area contributed by atoms with E-state index >= 15 is 0 Å². The first kappa shape index (κ1) is 22.1. The van der Waals surface area contributed by atoms with Crippen LogP contribution in [0.5, 0.6) is 0 Å². The van der Waals surface area contributed by atoms with Crippen molar-refractivity contribution in [2.24, 2.45) is 17.4 Å². The predicted octanol–water partition coefficient (Wildman–Crippen LogP) is 0.570. The van der Waals surface area contributed by atoms with Gasteiger partial charge in [-0.15, -0.1) is 0 Å². The zero-order valence-corrected chi connectivity index (χ0v) is 15.8. The Morgan fingerprint density at radius 2 is 1.89 bits per heavy atom. The SMILES string of the molecule is NC(=O)c1cc(NC(=O)[C@@H](N)C2CCCCC2)ncc1S(=O)(=O)NCC(F)F. The number of pyridine rings is 1. The molecule has 1 saturated carbocycles. The largest absolute Gasteiger partial charge is 0.366 e. The molecule has 2 rings (SSSR count). The summed E-state index contributed by atoms with van der Waals surface area (Å²) in [5.41, 5.74) is 10.7. The molecular formula is C16H23F2N5O4S. The Balaban J connectivity index is 2.19. The van der Waals surface area contributed by atoms with Gasteiger partial charge in [0.2, 0.25) is 21.8 Å². The zero-order chi connectivity index (χ0) is 20.9. The lowest BCUT2D eigenvalue weighted by molar-refractivity contribution is -0.118. The summed E-state index contributed by atoms with van der Waals surface area (Å²) in [5.74, 6) is -1.71. The number of sulfonamides is 1. The van der Waals surface area contributed by atoms with Gasteiger partial charge in [-0.05, 0) is 24.8 Å². The van der Waals surface area contributed by atoms with E-state index in [1.165, 1.54) is 0 Å². The molecule has 0 saturated heterocycles. The number of halogens is 2. The highest BCUT2D eigenvalue weighted by atomic mass is 32.2. The number of aromatic nitrogens is 1. The summed E-state index contributed by atoms with van der Waals surface area (Å²) < 4.78 is 50.4. The highest BCUT2D eigenvalue weighted by Gasteiger charge is 2.28. The third kappa shape index (κ3) is 5.66. The maximum Gasteiger partial charge on any atom is 0.251 e. The number of nitrogens with one attached hydrogen (secondary N) is 2. The van der Waals surface area contributed by atoms with Crippen molar-refractivity contribution in [1.82, 2.24) is 9.71 Å².